The summed E-state index contributed by atoms with van der Waals surface area (Å²) in [5, 5.41) is 2.27. The quantitative estimate of drug-likeness (QED) is 0.158. The maximum atomic E-state index is 6.38. The van der Waals surface area contributed by atoms with E-state index in [2.05, 4.69) is 123 Å². The van der Waals surface area contributed by atoms with Crippen molar-refractivity contribution in [3.05, 3.63) is 150 Å². The summed E-state index contributed by atoms with van der Waals surface area (Å²) < 4.78 is 8.59. The van der Waals surface area contributed by atoms with Gasteiger partial charge >= 0.3 is 21.1 Å². The Morgan fingerprint density at radius 3 is 2.15 bits per heavy atom. The Hall–Kier alpha value is -4.53. The van der Waals surface area contributed by atoms with Crippen molar-refractivity contribution in [2.45, 2.75) is 45.4 Å². The van der Waals surface area contributed by atoms with Crippen molar-refractivity contribution in [1.29, 1.82) is 0 Å². The third-order valence-corrected chi connectivity index (χ3v) is 8.64. The van der Waals surface area contributed by atoms with Gasteiger partial charge in [0, 0.05) is 34.8 Å². The summed E-state index contributed by atoms with van der Waals surface area (Å²) in [6, 6.07) is 44.5. The number of hydrogen-bond acceptors (Lipinski definition) is 3. The maximum Gasteiger partial charge on any atom is 2.00 e. The van der Waals surface area contributed by atoms with Gasteiger partial charge in [-0.3, -0.25) is 0 Å². The van der Waals surface area contributed by atoms with Crippen LogP contribution in [0.3, 0.4) is 0 Å². The number of ether oxygens (including phenoxy) is 1. The van der Waals surface area contributed by atoms with Crippen molar-refractivity contribution in [3.63, 3.8) is 0 Å². The zero-order valence-electron chi connectivity index (χ0n) is 26.6. The monoisotopic (exact) mass is 780 g/mol. The molecule has 46 heavy (non-hydrogen) atoms. The third kappa shape index (κ3) is 5.90. The molecule has 230 valence electrons. The fourth-order valence-electron chi connectivity index (χ4n) is 5.94. The summed E-state index contributed by atoms with van der Waals surface area (Å²) in [7, 11) is 0. The van der Waals surface area contributed by atoms with Gasteiger partial charge in [-0.15, -0.1) is 41.3 Å². The van der Waals surface area contributed by atoms with E-state index in [0.717, 1.165) is 33.5 Å². The van der Waals surface area contributed by atoms with Crippen molar-refractivity contribution < 1.29 is 25.8 Å². The van der Waals surface area contributed by atoms with E-state index in [1.165, 1.54) is 22.1 Å². The molecule has 0 spiro atoms. The van der Waals surface area contributed by atoms with Crippen LogP contribution >= 0.6 is 0 Å². The zero-order chi connectivity index (χ0) is 31.2. The van der Waals surface area contributed by atoms with Gasteiger partial charge in [0.05, 0.1) is 0 Å². The van der Waals surface area contributed by atoms with Crippen LogP contribution in [0.15, 0.2) is 122 Å². The average molecular weight is 781 g/mol. The first-order valence-electron chi connectivity index (χ1n) is 15.3. The molecule has 0 N–H and O–H groups in total. The number of rotatable bonds is 6. The molecule has 0 atom stereocenters. The van der Waals surface area contributed by atoms with Crippen LogP contribution in [-0.4, -0.2) is 14.5 Å². The molecule has 0 fully saturated rings. The Balaban J connectivity index is 0.00000372. The van der Waals surface area contributed by atoms with Crippen LogP contribution in [0.25, 0.3) is 38.9 Å². The van der Waals surface area contributed by atoms with Crippen molar-refractivity contribution in [2.75, 3.05) is 0 Å². The largest absolute Gasteiger partial charge is 2.00 e. The van der Waals surface area contributed by atoms with E-state index in [0.29, 0.717) is 11.5 Å². The second-order valence-corrected chi connectivity index (χ2v) is 13.0. The van der Waals surface area contributed by atoms with Gasteiger partial charge in [0.25, 0.3) is 0 Å². The van der Waals surface area contributed by atoms with E-state index < -0.39 is 0 Å². The molecule has 0 aliphatic carbocycles. The molecule has 7 aromatic rings. The standard InChI is InChI=1S/C41H35N3O.Pt/c1-40(2,3)30-17-20-37-35(25-30)34-19-18-33(45-32-15-11-12-28(24-32)36-16-9-10-22-42-36)27-38(34)44(37)39-26-31(21-23-43-39)41(4,5)29-13-7-6-8-14-29;/h6-23,25-26H,1-5H3;/q-2;+2. The van der Waals surface area contributed by atoms with Crippen molar-refractivity contribution in [3.8, 4) is 28.6 Å². The summed E-state index contributed by atoms with van der Waals surface area (Å²) >= 11 is 0. The fraction of sp³-hybridized carbons (Fsp3) is 0.171. The van der Waals surface area contributed by atoms with Gasteiger partial charge in [0.2, 0.25) is 0 Å². The number of pyridine rings is 2. The predicted molar refractivity (Wildman–Crippen MR) is 183 cm³/mol. The molecular weight excluding hydrogens is 746 g/mol. The van der Waals surface area contributed by atoms with E-state index >= 15 is 0 Å². The third-order valence-electron chi connectivity index (χ3n) is 8.64. The van der Waals surface area contributed by atoms with Gasteiger partial charge in [-0.05, 0) is 57.5 Å². The SMILES string of the molecule is CC(C)(C)c1ccc2c(c1)c1ccc(Oc3[c-]c(-c4ccccn4)ccc3)[c-]c1n2-c1cc(C(C)(C)c2ccccc2)ccn1.[Pt+2]. The molecule has 7 rings (SSSR count). The number of aromatic nitrogens is 3. The summed E-state index contributed by atoms with van der Waals surface area (Å²) in [5.41, 5.74) is 7.25. The minimum absolute atomic E-state index is 0. The van der Waals surface area contributed by atoms with Gasteiger partial charge in [-0.25, -0.2) is 4.98 Å². The molecule has 0 amide bonds. The minimum atomic E-state index is -0.205. The zero-order valence-corrected chi connectivity index (χ0v) is 28.9. The van der Waals surface area contributed by atoms with E-state index in [-0.39, 0.29) is 31.9 Å². The molecule has 0 unspecified atom stereocenters. The number of nitrogens with zero attached hydrogens (tertiary/aromatic N) is 3. The molecule has 0 saturated heterocycles. The molecule has 0 bridgehead atoms. The van der Waals surface area contributed by atoms with Crippen LogP contribution in [0.1, 0.15) is 51.3 Å². The van der Waals surface area contributed by atoms with Crippen LogP contribution in [0.5, 0.6) is 11.5 Å². The molecule has 0 saturated carbocycles. The topological polar surface area (TPSA) is 39.9 Å². The van der Waals surface area contributed by atoms with Crippen LogP contribution in [0.2, 0.25) is 0 Å². The number of hydrogen-bond donors (Lipinski definition) is 0. The fourth-order valence-corrected chi connectivity index (χ4v) is 5.94. The van der Waals surface area contributed by atoms with Crippen LogP contribution in [-0.2, 0) is 31.9 Å². The second kappa shape index (κ2) is 12.3. The van der Waals surface area contributed by atoms with Crippen molar-refractivity contribution in [2.24, 2.45) is 0 Å². The van der Waals surface area contributed by atoms with Crippen molar-refractivity contribution >= 4 is 21.8 Å². The Morgan fingerprint density at radius 2 is 1.39 bits per heavy atom. The van der Waals surface area contributed by atoms with E-state index in [9.17, 15) is 0 Å². The maximum absolute atomic E-state index is 6.38. The van der Waals surface area contributed by atoms with Gasteiger partial charge in [0.15, 0.2) is 0 Å². The predicted octanol–water partition coefficient (Wildman–Crippen LogP) is 10.3. The van der Waals surface area contributed by atoms with Gasteiger partial charge in [0.1, 0.15) is 5.82 Å². The smallest absolute Gasteiger partial charge is 0.503 e. The molecule has 3 aromatic heterocycles. The van der Waals surface area contributed by atoms with Gasteiger partial charge < -0.3 is 14.3 Å². The minimum Gasteiger partial charge on any atom is -0.503 e. The van der Waals surface area contributed by atoms with E-state index in [1.807, 2.05) is 48.7 Å². The first-order valence-corrected chi connectivity index (χ1v) is 15.3. The number of benzene rings is 4. The van der Waals surface area contributed by atoms with Crippen LogP contribution in [0, 0.1) is 12.1 Å². The average Bonchev–Trinajstić information content (AvgIpc) is 3.38. The first kappa shape index (κ1) is 31.5. The molecule has 0 aliphatic rings. The van der Waals surface area contributed by atoms with Gasteiger partial charge in [-0.1, -0.05) is 101 Å². The Bertz CT molecular complexity index is 2140. The van der Waals surface area contributed by atoms with Crippen LogP contribution in [0.4, 0.5) is 0 Å². The summed E-state index contributed by atoms with van der Waals surface area (Å²) in [6.45, 7) is 11.3. The summed E-state index contributed by atoms with van der Waals surface area (Å²) in [4.78, 5) is 9.38. The summed E-state index contributed by atoms with van der Waals surface area (Å²) in [6.07, 6.45) is 3.70. The molecule has 5 heteroatoms. The molecule has 4 aromatic carbocycles. The first-order chi connectivity index (χ1) is 21.7. The van der Waals surface area contributed by atoms with Gasteiger partial charge in [-0.2, -0.15) is 6.07 Å². The van der Waals surface area contributed by atoms with Crippen molar-refractivity contribution in [1.82, 2.24) is 14.5 Å². The van der Waals surface area contributed by atoms with E-state index in [4.69, 9.17) is 9.72 Å². The van der Waals surface area contributed by atoms with Crippen LogP contribution < -0.4 is 4.74 Å². The Labute approximate surface area is 285 Å². The van der Waals surface area contributed by atoms with E-state index in [1.54, 1.807) is 6.20 Å². The Morgan fingerprint density at radius 1 is 0.609 bits per heavy atom. The molecule has 0 aliphatic heterocycles. The molecule has 3 heterocycles. The number of fused-ring (bicyclic) bond motifs is 3. The Kier molecular flexibility index (Phi) is 8.44. The summed E-state index contributed by atoms with van der Waals surface area (Å²) in [5.74, 6) is 2.06. The molecular formula is C41H35N3OPt. The second-order valence-electron chi connectivity index (χ2n) is 13.0. The molecule has 0 radical (unpaired) electrons. The normalized spacial score (nSPS) is 11.8. The molecule has 4 nitrogen and oxygen atoms in total.